The van der Waals surface area contributed by atoms with E-state index in [1.54, 1.807) is 0 Å². The van der Waals surface area contributed by atoms with E-state index in [1.807, 2.05) is 0 Å². The SMILES string of the molecule is O=C([O-])/C=C(/CCO)C(=O)[O-]. The minimum absolute atomic E-state index is 0.254. The Morgan fingerprint density at radius 2 is 1.91 bits per heavy atom. The van der Waals surface area contributed by atoms with E-state index in [-0.39, 0.29) is 6.42 Å². The fourth-order valence-electron chi connectivity index (χ4n) is 0.496. The van der Waals surface area contributed by atoms with Crippen molar-refractivity contribution >= 4 is 11.9 Å². The highest BCUT2D eigenvalue weighted by atomic mass is 16.4. The van der Waals surface area contributed by atoms with Gasteiger partial charge in [-0.1, -0.05) is 0 Å². The molecule has 0 aliphatic carbocycles. The first-order valence-corrected chi connectivity index (χ1v) is 2.81. The highest BCUT2D eigenvalue weighted by Crippen LogP contribution is 1.97. The predicted molar refractivity (Wildman–Crippen MR) is 29.8 cm³/mol. The molecule has 11 heavy (non-hydrogen) atoms. The molecule has 0 aromatic carbocycles. The first-order valence-electron chi connectivity index (χ1n) is 2.81. The summed E-state index contributed by atoms with van der Waals surface area (Å²) in [4.78, 5) is 19.9. The maximum Gasteiger partial charge on any atom is 0.0676 e. The summed E-state index contributed by atoms with van der Waals surface area (Å²) in [6.07, 6.45) is 0.141. The molecule has 0 heterocycles. The molecule has 0 saturated carbocycles. The zero-order valence-corrected chi connectivity index (χ0v) is 5.57. The molecule has 0 amide bonds. The number of aliphatic carboxylic acids is 2. The molecule has 0 fully saturated rings. The van der Waals surface area contributed by atoms with Crippen LogP contribution in [0.3, 0.4) is 0 Å². The van der Waals surface area contributed by atoms with Gasteiger partial charge in [0.25, 0.3) is 0 Å². The lowest BCUT2D eigenvalue weighted by atomic mass is 10.2. The van der Waals surface area contributed by atoms with Crippen LogP contribution in [0.1, 0.15) is 6.42 Å². The van der Waals surface area contributed by atoms with Gasteiger partial charge in [0.05, 0.1) is 11.9 Å². The third-order valence-electron chi connectivity index (χ3n) is 0.935. The number of carboxylic acids is 2. The Morgan fingerprint density at radius 3 is 2.18 bits per heavy atom. The summed E-state index contributed by atoms with van der Waals surface area (Å²) >= 11 is 0. The van der Waals surface area contributed by atoms with Gasteiger partial charge in [-0.2, -0.15) is 0 Å². The van der Waals surface area contributed by atoms with Crippen molar-refractivity contribution in [1.29, 1.82) is 0 Å². The molecule has 0 aliphatic rings. The van der Waals surface area contributed by atoms with Crippen LogP contribution in [0.2, 0.25) is 0 Å². The van der Waals surface area contributed by atoms with Crippen LogP contribution in [0.25, 0.3) is 0 Å². The molecule has 0 bridgehead atoms. The molecular weight excluding hydrogens is 152 g/mol. The summed E-state index contributed by atoms with van der Waals surface area (Å²) in [5.74, 6) is -3.22. The summed E-state index contributed by atoms with van der Waals surface area (Å²) < 4.78 is 0. The van der Waals surface area contributed by atoms with Gasteiger partial charge in [-0.05, 0) is 18.1 Å². The third kappa shape index (κ3) is 4.10. The molecule has 0 rings (SSSR count). The first kappa shape index (κ1) is 9.64. The van der Waals surface area contributed by atoms with E-state index < -0.39 is 24.1 Å². The Labute approximate surface area is 62.6 Å². The fourth-order valence-corrected chi connectivity index (χ4v) is 0.496. The highest BCUT2D eigenvalue weighted by molar-refractivity contribution is 5.92. The van der Waals surface area contributed by atoms with Gasteiger partial charge < -0.3 is 24.9 Å². The summed E-state index contributed by atoms with van der Waals surface area (Å²) in [5.41, 5.74) is -0.479. The molecule has 0 aromatic heterocycles. The molecular formula is C6H6O5-2. The van der Waals surface area contributed by atoms with E-state index in [0.29, 0.717) is 6.08 Å². The molecule has 1 N–H and O–H groups in total. The van der Waals surface area contributed by atoms with Crippen LogP contribution in [0.4, 0.5) is 0 Å². The molecule has 0 spiro atoms. The summed E-state index contributed by atoms with van der Waals surface area (Å²) in [6.45, 7) is -0.437. The van der Waals surface area contributed by atoms with E-state index in [9.17, 15) is 19.8 Å². The normalized spacial score (nSPS) is 11.2. The van der Waals surface area contributed by atoms with Crippen LogP contribution in [-0.2, 0) is 9.59 Å². The Kier molecular flexibility index (Phi) is 3.90. The molecule has 0 aromatic rings. The number of hydrogen-bond donors (Lipinski definition) is 1. The number of aliphatic hydroxyl groups excluding tert-OH is 1. The van der Waals surface area contributed by atoms with Crippen LogP contribution >= 0.6 is 0 Å². The number of carbonyl (C=O) groups is 2. The lowest BCUT2D eigenvalue weighted by molar-refractivity contribution is -0.303. The fraction of sp³-hybridized carbons (Fsp3) is 0.333. The lowest BCUT2D eigenvalue weighted by Crippen LogP contribution is -2.28. The van der Waals surface area contributed by atoms with Gasteiger partial charge in [0.1, 0.15) is 0 Å². The Morgan fingerprint density at radius 1 is 1.36 bits per heavy atom. The van der Waals surface area contributed by atoms with Crippen molar-refractivity contribution in [2.45, 2.75) is 6.42 Å². The van der Waals surface area contributed by atoms with E-state index in [4.69, 9.17) is 5.11 Å². The second-order valence-corrected chi connectivity index (χ2v) is 1.75. The van der Waals surface area contributed by atoms with Crippen molar-refractivity contribution < 1.29 is 24.9 Å². The Balaban J connectivity index is 4.32. The van der Waals surface area contributed by atoms with Crippen molar-refractivity contribution in [3.05, 3.63) is 11.6 Å². The van der Waals surface area contributed by atoms with E-state index >= 15 is 0 Å². The average Bonchev–Trinajstić information content (AvgIpc) is 1.86. The molecule has 0 aliphatic heterocycles. The first-order chi connectivity index (χ1) is 5.07. The van der Waals surface area contributed by atoms with Gasteiger partial charge in [-0.3, -0.25) is 0 Å². The summed E-state index contributed by atoms with van der Waals surface area (Å²) in [7, 11) is 0. The van der Waals surface area contributed by atoms with Gasteiger partial charge in [-0.15, -0.1) is 0 Å². The van der Waals surface area contributed by atoms with E-state index in [1.165, 1.54) is 0 Å². The van der Waals surface area contributed by atoms with Crippen molar-refractivity contribution in [2.24, 2.45) is 0 Å². The minimum Gasteiger partial charge on any atom is -0.545 e. The quantitative estimate of drug-likeness (QED) is 0.434. The topological polar surface area (TPSA) is 100 Å². The molecule has 0 atom stereocenters. The van der Waals surface area contributed by atoms with Crippen LogP contribution in [-0.4, -0.2) is 23.7 Å². The molecule has 5 heteroatoms. The zero-order chi connectivity index (χ0) is 8.85. The minimum atomic E-state index is -1.61. The second-order valence-electron chi connectivity index (χ2n) is 1.75. The number of carboxylic acid groups (broad SMARTS) is 2. The van der Waals surface area contributed by atoms with Crippen molar-refractivity contribution in [3.8, 4) is 0 Å². The number of hydrogen-bond acceptors (Lipinski definition) is 5. The number of aliphatic hydroxyl groups is 1. The molecule has 0 saturated heterocycles. The molecule has 62 valence electrons. The van der Waals surface area contributed by atoms with Gasteiger partial charge in [0.15, 0.2) is 0 Å². The summed E-state index contributed by atoms with van der Waals surface area (Å²) in [5, 5.41) is 28.1. The Bertz CT molecular complexity index is 193. The summed E-state index contributed by atoms with van der Waals surface area (Å²) in [6, 6.07) is 0. The van der Waals surface area contributed by atoms with Crippen LogP contribution in [0.5, 0.6) is 0 Å². The highest BCUT2D eigenvalue weighted by Gasteiger charge is 1.96. The second kappa shape index (κ2) is 4.45. The average molecular weight is 158 g/mol. The molecule has 0 radical (unpaired) electrons. The van der Waals surface area contributed by atoms with Gasteiger partial charge in [0.2, 0.25) is 0 Å². The number of rotatable bonds is 4. The van der Waals surface area contributed by atoms with Crippen LogP contribution in [0, 0.1) is 0 Å². The molecule has 5 nitrogen and oxygen atoms in total. The standard InChI is InChI=1S/C6H8O5/c7-2-1-4(6(10)11)3-5(8)9/h3,7H,1-2H2,(H,8,9)(H,10,11)/p-2/b4-3-. The van der Waals surface area contributed by atoms with Crippen molar-refractivity contribution in [1.82, 2.24) is 0 Å². The van der Waals surface area contributed by atoms with E-state index in [2.05, 4.69) is 0 Å². The maximum atomic E-state index is 10.0. The largest absolute Gasteiger partial charge is 0.545 e. The maximum absolute atomic E-state index is 10.0. The zero-order valence-electron chi connectivity index (χ0n) is 5.57. The number of carbonyl (C=O) groups excluding carboxylic acids is 2. The molecule has 0 unspecified atom stereocenters. The van der Waals surface area contributed by atoms with E-state index in [0.717, 1.165) is 0 Å². The van der Waals surface area contributed by atoms with Crippen LogP contribution in [0.15, 0.2) is 11.6 Å². The van der Waals surface area contributed by atoms with Gasteiger partial charge >= 0.3 is 0 Å². The predicted octanol–water partition coefficient (Wildman–Crippen LogP) is -3.20. The Hall–Kier alpha value is -1.36. The lowest BCUT2D eigenvalue weighted by Gasteiger charge is -2.06. The smallest absolute Gasteiger partial charge is 0.0676 e. The van der Waals surface area contributed by atoms with Crippen molar-refractivity contribution in [3.63, 3.8) is 0 Å². The monoisotopic (exact) mass is 158 g/mol. The van der Waals surface area contributed by atoms with Crippen molar-refractivity contribution in [2.75, 3.05) is 6.61 Å². The van der Waals surface area contributed by atoms with Gasteiger partial charge in [0, 0.05) is 6.61 Å². The van der Waals surface area contributed by atoms with Crippen LogP contribution < -0.4 is 10.2 Å². The van der Waals surface area contributed by atoms with Gasteiger partial charge in [-0.25, -0.2) is 0 Å². The third-order valence-corrected chi connectivity index (χ3v) is 0.935.